The lowest BCUT2D eigenvalue weighted by Gasteiger charge is -2.07. The molecule has 1 atom stereocenters. The fraction of sp³-hybridized carbons (Fsp3) is 0.571. The molecule has 0 aromatic rings. The number of hydrogen-bond donors (Lipinski definition) is 2. The van der Waals surface area contributed by atoms with Gasteiger partial charge in [0.05, 0.1) is 0 Å². The lowest BCUT2D eigenvalue weighted by molar-refractivity contribution is -0.145. The standard InChI is InChI=1S/C7H11NO4/c1-4(9)6(7(11)12)3-8-5(2)10/h6H,3H2,1-2H3,(H,8,10)(H,11,12). The van der Waals surface area contributed by atoms with Crippen LogP contribution in [0.1, 0.15) is 13.8 Å². The Morgan fingerprint density at radius 2 is 1.83 bits per heavy atom. The van der Waals surface area contributed by atoms with E-state index in [2.05, 4.69) is 5.32 Å². The lowest BCUT2D eigenvalue weighted by atomic mass is 10.1. The van der Waals surface area contributed by atoms with Gasteiger partial charge in [-0.3, -0.25) is 14.4 Å². The summed E-state index contributed by atoms with van der Waals surface area (Å²) in [5.41, 5.74) is 0. The van der Waals surface area contributed by atoms with E-state index in [9.17, 15) is 14.4 Å². The highest BCUT2D eigenvalue weighted by Gasteiger charge is 2.22. The van der Waals surface area contributed by atoms with Crippen molar-refractivity contribution in [2.45, 2.75) is 13.8 Å². The van der Waals surface area contributed by atoms with E-state index in [1.165, 1.54) is 13.8 Å². The fourth-order valence-corrected chi connectivity index (χ4v) is 0.651. The van der Waals surface area contributed by atoms with E-state index < -0.39 is 17.7 Å². The third kappa shape index (κ3) is 3.70. The second-order valence-corrected chi connectivity index (χ2v) is 2.44. The number of nitrogens with one attached hydrogen (secondary N) is 1. The van der Waals surface area contributed by atoms with Gasteiger partial charge in [0.15, 0.2) is 0 Å². The number of carboxylic acid groups (broad SMARTS) is 1. The van der Waals surface area contributed by atoms with E-state index in [0.29, 0.717) is 0 Å². The summed E-state index contributed by atoms with van der Waals surface area (Å²) >= 11 is 0. The van der Waals surface area contributed by atoms with Crippen molar-refractivity contribution in [3.63, 3.8) is 0 Å². The van der Waals surface area contributed by atoms with E-state index in [1.807, 2.05) is 0 Å². The third-order valence-electron chi connectivity index (χ3n) is 1.34. The van der Waals surface area contributed by atoms with Gasteiger partial charge in [-0.2, -0.15) is 0 Å². The van der Waals surface area contributed by atoms with Crippen LogP contribution in [0.25, 0.3) is 0 Å². The Morgan fingerprint density at radius 3 is 2.08 bits per heavy atom. The maximum Gasteiger partial charge on any atom is 0.315 e. The molecule has 0 aliphatic heterocycles. The molecule has 1 amide bonds. The number of carbonyl (C=O) groups is 3. The third-order valence-corrected chi connectivity index (χ3v) is 1.34. The van der Waals surface area contributed by atoms with Crippen molar-refractivity contribution in [3.8, 4) is 0 Å². The molecular formula is C7H11NO4. The van der Waals surface area contributed by atoms with Gasteiger partial charge >= 0.3 is 5.97 Å². The highest BCUT2D eigenvalue weighted by molar-refractivity contribution is 5.97. The predicted molar refractivity (Wildman–Crippen MR) is 40.5 cm³/mol. The van der Waals surface area contributed by atoms with Crippen LogP contribution in [0.15, 0.2) is 0 Å². The fourth-order valence-electron chi connectivity index (χ4n) is 0.651. The number of ketones is 1. The van der Waals surface area contributed by atoms with Gasteiger partial charge in [-0.05, 0) is 6.92 Å². The summed E-state index contributed by atoms with van der Waals surface area (Å²) in [7, 11) is 0. The average molecular weight is 173 g/mol. The van der Waals surface area contributed by atoms with E-state index in [0.717, 1.165) is 0 Å². The summed E-state index contributed by atoms with van der Waals surface area (Å²) in [6, 6.07) is 0. The van der Waals surface area contributed by atoms with Gasteiger partial charge < -0.3 is 10.4 Å². The highest BCUT2D eigenvalue weighted by atomic mass is 16.4. The zero-order chi connectivity index (χ0) is 9.72. The number of aliphatic carboxylic acids is 1. The Bertz CT molecular complexity index is 197. The molecule has 0 radical (unpaired) electrons. The van der Waals surface area contributed by atoms with Crippen LogP contribution in [-0.4, -0.2) is 29.3 Å². The monoisotopic (exact) mass is 173 g/mol. The molecule has 1 unspecified atom stereocenters. The molecule has 68 valence electrons. The SMILES string of the molecule is CC(=O)NCC(C(C)=O)C(=O)O. The largest absolute Gasteiger partial charge is 0.481 e. The smallest absolute Gasteiger partial charge is 0.315 e. The molecular weight excluding hydrogens is 162 g/mol. The van der Waals surface area contributed by atoms with Gasteiger partial charge in [-0.15, -0.1) is 0 Å². The summed E-state index contributed by atoms with van der Waals surface area (Å²) in [5, 5.41) is 10.8. The van der Waals surface area contributed by atoms with Crippen molar-refractivity contribution >= 4 is 17.7 Å². The molecule has 0 aromatic heterocycles. The maximum absolute atomic E-state index is 10.7. The molecule has 0 bridgehead atoms. The van der Waals surface area contributed by atoms with Crippen LogP contribution in [0, 0.1) is 5.92 Å². The van der Waals surface area contributed by atoms with Crippen LogP contribution in [-0.2, 0) is 14.4 Å². The van der Waals surface area contributed by atoms with Crippen LogP contribution in [0.2, 0.25) is 0 Å². The van der Waals surface area contributed by atoms with Crippen LogP contribution in [0.4, 0.5) is 0 Å². The summed E-state index contributed by atoms with van der Waals surface area (Å²) in [5.74, 6) is -3.15. The van der Waals surface area contributed by atoms with Crippen molar-refractivity contribution in [3.05, 3.63) is 0 Å². The first-order chi connectivity index (χ1) is 5.45. The first-order valence-corrected chi connectivity index (χ1v) is 3.43. The lowest BCUT2D eigenvalue weighted by Crippen LogP contribution is -2.35. The van der Waals surface area contributed by atoms with Crippen molar-refractivity contribution in [2.75, 3.05) is 6.54 Å². The molecule has 0 aliphatic carbocycles. The molecule has 0 fully saturated rings. The Labute approximate surface area is 69.8 Å². The highest BCUT2D eigenvalue weighted by Crippen LogP contribution is 1.96. The van der Waals surface area contributed by atoms with Crippen LogP contribution in [0.5, 0.6) is 0 Å². The number of carboxylic acids is 1. The first-order valence-electron chi connectivity index (χ1n) is 3.43. The molecule has 0 saturated heterocycles. The van der Waals surface area contributed by atoms with Gasteiger partial charge in [0.1, 0.15) is 11.7 Å². The van der Waals surface area contributed by atoms with Crippen molar-refractivity contribution in [1.82, 2.24) is 5.32 Å². The Kier molecular flexibility index (Phi) is 3.96. The number of carbonyl (C=O) groups excluding carboxylic acids is 2. The second kappa shape index (κ2) is 4.48. The van der Waals surface area contributed by atoms with E-state index in [1.54, 1.807) is 0 Å². The summed E-state index contributed by atoms with van der Waals surface area (Å²) in [6.07, 6.45) is 0. The van der Waals surface area contributed by atoms with Gasteiger partial charge in [-0.1, -0.05) is 0 Å². The Morgan fingerprint density at radius 1 is 1.33 bits per heavy atom. The van der Waals surface area contributed by atoms with Crippen molar-refractivity contribution in [2.24, 2.45) is 5.92 Å². The van der Waals surface area contributed by atoms with Crippen LogP contribution >= 0.6 is 0 Å². The van der Waals surface area contributed by atoms with Crippen LogP contribution in [0.3, 0.4) is 0 Å². The second-order valence-electron chi connectivity index (χ2n) is 2.44. The summed E-state index contributed by atoms with van der Waals surface area (Å²) in [6.45, 7) is 2.31. The minimum atomic E-state index is -1.21. The maximum atomic E-state index is 10.7. The predicted octanol–water partition coefficient (Wildman–Crippen LogP) is -0.588. The van der Waals surface area contributed by atoms with E-state index >= 15 is 0 Å². The summed E-state index contributed by atoms with van der Waals surface area (Å²) in [4.78, 5) is 31.4. The van der Waals surface area contributed by atoms with E-state index in [-0.39, 0.29) is 12.5 Å². The van der Waals surface area contributed by atoms with E-state index in [4.69, 9.17) is 5.11 Å². The van der Waals surface area contributed by atoms with Crippen LogP contribution < -0.4 is 5.32 Å². The van der Waals surface area contributed by atoms with Crippen molar-refractivity contribution < 1.29 is 19.5 Å². The van der Waals surface area contributed by atoms with Gasteiger partial charge in [-0.25, -0.2) is 0 Å². The number of Topliss-reactive ketones (excluding diaryl/α,β-unsaturated/α-hetero) is 1. The molecule has 12 heavy (non-hydrogen) atoms. The molecule has 0 aliphatic rings. The topological polar surface area (TPSA) is 83.5 Å². The first kappa shape index (κ1) is 10.6. The molecule has 5 nitrogen and oxygen atoms in total. The summed E-state index contributed by atoms with van der Waals surface area (Å²) < 4.78 is 0. The van der Waals surface area contributed by atoms with Gasteiger partial charge in [0.2, 0.25) is 5.91 Å². The van der Waals surface area contributed by atoms with Gasteiger partial charge in [0.25, 0.3) is 0 Å². The number of amides is 1. The molecule has 0 spiro atoms. The molecule has 0 saturated carbocycles. The minimum absolute atomic E-state index is 0.139. The van der Waals surface area contributed by atoms with Gasteiger partial charge in [0, 0.05) is 13.5 Å². The Balaban J connectivity index is 4.06. The molecule has 2 N–H and O–H groups in total. The molecule has 5 heteroatoms. The number of hydrogen-bond acceptors (Lipinski definition) is 3. The normalized spacial score (nSPS) is 11.8. The quantitative estimate of drug-likeness (QED) is 0.557. The zero-order valence-corrected chi connectivity index (χ0v) is 6.96. The zero-order valence-electron chi connectivity index (χ0n) is 6.96. The molecule has 0 heterocycles. The average Bonchev–Trinajstić information content (AvgIpc) is 1.84. The molecule has 0 rings (SSSR count). The molecule has 0 aromatic carbocycles. The van der Waals surface area contributed by atoms with Crippen molar-refractivity contribution in [1.29, 1.82) is 0 Å². The minimum Gasteiger partial charge on any atom is -0.481 e. The number of rotatable bonds is 4. The Hall–Kier alpha value is -1.39.